The molecule has 1 aromatic rings. The van der Waals surface area contributed by atoms with Gasteiger partial charge in [0.1, 0.15) is 0 Å². The number of oxime groups is 1. The van der Waals surface area contributed by atoms with Gasteiger partial charge in [-0.05, 0) is 38.8 Å². The van der Waals surface area contributed by atoms with Crippen molar-refractivity contribution in [2.24, 2.45) is 10.9 Å². The molecule has 1 aliphatic heterocycles. The van der Waals surface area contributed by atoms with E-state index >= 15 is 0 Å². The molecule has 0 unspecified atom stereocenters. The topological polar surface area (TPSA) is 63.7 Å². The summed E-state index contributed by atoms with van der Waals surface area (Å²) in [6.07, 6.45) is 10.4. The second-order valence-electron chi connectivity index (χ2n) is 6.70. The van der Waals surface area contributed by atoms with Crippen molar-refractivity contribution in [3.8, 4) is 0 Å². The molecule has 0 aromatic carbocycles. The fourth-order valence-electron chi connectivity index (χ4n) is 3.48. The number of aromatic nitrogens is 1. The van der Waals surface area contributed by atoms with E-state index in [2.05, 4.69) is 15.4 Å². The van der Waals surface area contributed by atoms with Crippen LogP contribution in [0.5, 0.6) is 0 Å². The second kappa shape index (κ2) is 8.64. The van der Waals surface area contributed by atoms with Crippen molar-refractivity contribution >= 4 is 17.2 Å². The molecular weight excluding hydrogens is 308 g/mol. The van der Waals surface area contributed by atoms with E-state index < -0.39 is 0 Å². The molecule has 5 nitrogen and oxygen atoms in total. The highest BCUT2D eigenvalue weighted by molar-refractivity contribution is 7.09. The molecule has 2 N–H and O–H groups in total. The third kappa shape index (κ3) is 5.18. The lowest BCUT2D eigenvalue weighted by atomic mass is 10.1. The fourth-order valence-corrected chi connectivity index (χ4v) is 4.46. The summed E-state index contributed by atoms with van der Waals surface area (Å²) >= 11 is 1.76. The van der Waals surface area contributed by atoms with E-state index in [0.29, 0.717) is 24.9 Å². The first-order valence-electron chi connectivity index (χ1n) is 8.92. The molecule has 0 amide bonds. The van der Waals surface area contributed by atoms with Gasteiger partial charge >= 0.3 is 0 Å². The molecule has 0 spiro atoms. The lowest BCUT2D eigenvalue weighted by Gasteiger charge is -2.18. The van der Waals surface area contributed by atoms with Crippen LogP contribution in [0.25, 0.3) is 0 Å². The van der Waals surface area contributed by atoms with Gasteiger partial charge in [-0.3, -0.25) is 4.90 Å². The lowest BCUT2D eigenvalue weighted by Crippen LogP contribution is -2.34. The molecule has 0 atom stereocenters. The first-order valence-corrected chi connectivity index (χ1v) is 9.80. The van der Waals surface area contributed by atoms with E-state index in [1.807, 2.05) is 0 Å². The Labute approximate surface area is 142 Å². The van der Waals surface area contributed by atoms with Gasteiger partial charge in [0.15, 0.2) is 12.4 Å². The smallest absolute Gasteiger partial charge is 0.160 e. The number of amidine groups is 1. The average Bonchev–Trinajstić information content (AvgIpc) is 3.16. The van der Waals surface area contributed by atoms with Crippen molar-refractivity contribution in [2.45, 2.75) is 63.9 Å². The molecule has 1 aliphatic carbocycles. The van der Waals surface area contributed by atoms with Gasteiger partial charge in [-0.1, -0.05) is 30.8 Å². The van der Waals surface area contributed by atoms with Crippen molar-refractivity contribution in [2.75, 3.05) is 19.6 Å². The van der Waals surface area contributed by atoms with Crippen LogP contribution in [-0.2, 0) is 11.4 Å². The van der Waals surface area contributed by atoms with Crippen molar-refractivity contribution in [3.63, 3.8) is 0 Å². The van der Waals surface area contributed by atoms with E-state index in [1.165, 1.54) is 56.4 Å². The predicted octanol–water partition coefficient (Wildman–Crippen LogP) is 3.47. The van der Waals surface area contributed by atoms with Crippen molar-refractivity contribution < 1.29 is 4.84 Å². The summed E-state index contributed by atoms with van der Waals surface area (Å²) in [6, 6.07) is 0. The molecule has 2 heterocycles. The minimum absolute atomic E-state index is 0.421. The Bertz CT molecular complexity index is 502. The Morgan fingerprint density at radius 3 is 2.70 bits per heavy atom. The maximum Gasteiger partial charge on any atom is 0.160 e. The van der Waals surface area contributed by atoms with Crippen molar-refractivity contribution in [1.82, 2.24) is 9.88 Å². The number of likely N-dealkylation sites (tertiary alicyclic amines) is 1. The summed E-state index contributed by atoms with van der Waals surface area (Å²) in [6.45, 7) is 3.37. The quantitative estimate of drug-likeness (QED) is 0.491. The zero-order chi connectivity index (χ0) is 15.9. The van der Waals surface area contributed by atoms with Crippen molar-refractivity contribution in [3.05, 3.63) is 16.1 Å². The fraction of sp³-hybridized carbons (Fsp3) is 0.765. The molecular formula is C17H28N4OS. The number of nitrogens with zero attached hydrogens (tertiary/aromatic N) is 3. The van der Waals surface area contributed by atoms with E-state index in [0.717, 1.165) is 18.8 Å². The highest BCUT2D eigenvalue weighted by Crippen LogP contribution is 2.35. The molecule has 23 heavy (non-hydrogen) atoms. The van der Waals surface area contributed by atoms with Crippen LogP contribution < -0.4 is 5.73 Å². The highest BCUT2D eigenvalue weighted by atomic mass is 32.1. The Kier molecular flexibility index (Phi) is 6.28. The monoisotopic (exact) mass is 336 g/mol. The van der Waals surface area contributed by atoms with E-state index in [-0.39, 0.29) is 0 Å². The Hall–Kier alpha value is -1.14. The predicted molar refractivity (Wildman–Crippen MR) is 94.6 cm³/mol. The van der Waals surface area contributed by atoms with Crippen LogP contribution in [0.3, 0.4) is 0 Å². The van der Waals surface area contributed by atoms with Gasteiger partial charge in [-0.2, -0.15) is 0 Å². The standard InChI is InChI=1S/C17H28N4OS/c18-16(11-21-9-5-1-2-6-10-21)20-22-12-15-13-23-17(19-15)14-7-3-4-8-14/h13-14H,1-12H2,(H2,18,20). The zero-order valence-corrected chi connectivity index (χ0v) is 14.7. The minimum Gasteiger partial charge on any atom is -0.388 e. The summed E-state index contributed by atoms with van der Waals surface area (Å²) in [7, 11) is 0. The van der Waals surface area contributed by atoms with Gasteiger partial charge in [0.05, 0.1) is 17.2 Å². The maximum atomic E-state index is 5.99. The number of hydrogen-bond donors (Lipinski definition) is 1. The third-order valence-corrected chi connectivity index (χ3v) is 5.81. The molecule has 1 aromatic heterocycles. The van der Waals surface area contributed by atoms with E-state index in [9.17, 15) is 0 Å². The summed E-state index contributed by atoms with van der Waals surface area (Å²) in [5.74, 6) is 1.24. The zero-order valence-electron chi connectivity index (χ0n) is 13.9. The molecule has 2 aliphatic rings. The number of rotatable bonds is 6. The Morgan fingerprint density at radius 1 is 1.22 bits per heavy atom. The highest BCUT2D eigenvalue weighted by Gasteiger charge is 2.20. The molecule has 2 fully saturated rings. The van der Waals surface area contributed by atoms with Gasteiger partial charge in [0, 0.05) is 11.3 Å². The van der Waals surface area contributed by atoms with Gasteiger partial charge in [0.2, 0.25) is 0 Å². The molecule has 0 radical (unpaired) electrons. The molecule has 1 saturated heterocycles. The minimum atomic E-state index is 0.421. The first kappa shape index (κ1) is 16.7. The van der Waals surface area contributed by atoms with Gasteiger partial charge in [0.25, 0.3) is 0 Å². The largest absolute Gasteiger partial charge is 0.388 e. The molecule has 1 saturated carbocycles. The van der Waals surface area contributed by atoms with Crippen LogP contribution >= 0.6 is 11.3 Å². The summed E-state index contributed by atoms with van der Waals surface area (Å²) in [5, 5.41) is 7.43. The molecule has 3 rings (SSSR count). The van der Waals surface area contributed by atoms with Gasteiger partial charge < -0.3 is 10.6 Å². The van der Waals surface area contributed by atoms with Crippen LogP contribution in [0.1, 0.15) is 68.0 Å². The SMILES string of the molecule is NC(CN1CCCCCC1)=NOCc1csc(C2CCCC2)n1. The first-order chi connectivity index (χ1) is 11.3. The third-order valence-electron chi connectivity index (χ3n) is 4.75. The second-order valence-corrected chi connectivity index (χ2v) is 7.59. The summed E-state index contributed by atoms with van der Waals surface area (Å²) in [4.78, 5) is 12.5. The number of nitrogens with two attached hydrogens (primary N) is 1. The Balaban J connectivity index is 1.42. The van der Waals surface area contributed by atoms with E-state index in [1.54, 1.807) is 11.3 Å². The molecule has 0 bridgehead atoms. The van der Waals surface area contributed by atoms with Crippen LogP contribution in [0.4, 0.5) is 0 Å². The summed E-state index contributed by atoms with van der Waals surface area (Å²) in [5.41, 5.74) is 6.97. The van der Waals surface area contributed by atoms with Crippen LogP contribution in [-0.4, -0.2) is 35.4 Å². The molecule has 128 valence electrons. The number of hydrogen-bond acceptors (Lipinski definition) is 5. The van der Waals surface area contributed by atoms with Crippen LogP contribution in [0, 0.1) is 0 Å². The van der Waals surface area contributed by atoms with Crippen molar-refractivity contribution in [1.29, 1.82) is 0 Å². The maximum absolute atomic E-state index is 5.99. The lowest BCUT2D eigenvalue weighted by molar-refractivity contribution is 0.126. The average molecular weight is 337 g/mol. The van der Waals surface area contributed by atoms with Crippen LogP contribution in [0.15, 0.2) is 10.5 Å². The van der Waals surface area contributed by atoms with Gasteiger partial charge in [-0.25, -0.2) is 4.98 Å². The summed E-state index contributed by atoms with van der Waals surface area (Å²) < 4.78 is 0. The van der Waals surface area contributed by atoms with Crippen LogP contribution in [0.2, 0.25) is 0 Å². The molecule has 6 heteroatoms. The Morgan fingerprint density at radius 2 is 1.96 bits per heavy atom. The van der Waals surface area contributed by atoms with Gasteiger partial charge in [-0.15, -0.1) is 11.3 Å². The number of thiazole rings is 1. The van der Waals surface area contributed by atoms with E-state index in [4.69, 9.17) is 15.6 Å². The normalized spacial score (nSPS) is 21.5.